The van der Waals surface area contributed by atoms with Crippen LogP contribution in [0.25, 0.3) is 0 Å². The average Bonchev–Trinajstić information content (AvgIpc) is 2.60. The molecule has 104 valence electrons. The molecule has 0 spiro atoms. The summed E-state index contributed by atoms with van der Waals surface area (Å²) in [5.41, 5.74) is 2.05. The third-order valence-electron chi connectivity index (χ3n) is 3.85. The van der Waals surface area contributed by atoms with Crippen molar-refractivity contribution in [3.8, 4) is 0 Å². The number of allylic oxidation sites excluding steroid dienone is 1. The number of fused-ring (bicyclic) bond motifs is 1. The molecule has 2 N–H and O–H groups in total. The summed E-state index contributed by atoms with van der Waals surface area (Å²) >= 11 is 0. The molecule has 4 atom stereocenters. The van der Waals surface area contributed by atoms with E-state index in [0.717, 1.165) is 11.1 Å². The maximum absolute atomic E-state index is 11.6. The largest absolute Gasteiger partial charge is 0.454 e. The Balaban J connectivity index is 2.39. The standard InChI is InChI=1S/C15H20O4/c1-8-4-5-11(16)9(2)7-13-14(12(17)6-8)10(3)15(18)19-13/h6-7,11-14,16-17H,3-5H2,1-2H3/b8-6+,9-7+/t11-,12+,13-,14-/m0/s1. The van der Waals surface area contributed by atoms with E-state index in [1.54, 1.807) is 12.2 Å². The molecule has 0 bridgehead atoms. The van der Waals surface area contributed by atoms with Crippen LogP contribution >= 0.6 is 0 Å². The molecular formula is C15H20O4. The average molecular weight is 264 g/mol. The first-order chi connectivity index (χ1) is 8.90. The fourth-order valence-corrected chi connectivity index (χ4v) is 2.59. The van der Waals surface area contributed by atoms with Crippen molar-refractivity contribution in [2.24, 2.45) is 5.92 Å². The molecule has 2 aliphatic rings. The van der Waals surface area contributed by atoms with Crippen LogP contribution < -0.4 is 0 Å². The second kappa shape index (κ2) is 5.31. The minimum absolute atomic E-state index is 0.292. The van der Waals surface area contributed by atoms with Gasteiger partial charge in [-0.3, -0.25) is 0 Å². The number of hydrogen-bond acceptors (Lipinski definition) is 4. The summed E-state index contributed by atoms with van der Waals surface area (Å²) in [6.45, 7) is 7.43. The van der Waals surface area contributed by atoms with E-state index in [1.165, 1.54) is 0 Å². The zero-order valence-corrected chi connectivity index (χ0v) is 11.3. The van der Waals surface area contributed by atoms with Crippen molar-refractivity contribution in [3.63, 3.8) is 0 Å². The van der Waals surface area contributed by atoms with E-state index in [-0.39, 0.29) is 0 Å². The van der Waals surface area contributed by atoms with Crippen molar-refractivity contribution in [3.05, 3.63) is 35.5 Å². The Bertz CT molecular complexity index is 461. The van der Waals surface area contributed by atoms with Crippen LogP contribution in [-0.4, -0.2) is 34.5 Å². The molecule has 0 unspecified atom stereocenters. The zero-order valence-electron chi connectivity index (χ0n) is 11.3. The molecular weight excluding hydrogens is 244 g/mol. The monoisotopic (exact) mass is 264 g/mol. The minimum atomic E-state index is -0.789. The molecule has 2 rings (SSSR count). The number of ether oxygens (including phenoxy) is 1. The van der Waals surface area contributed by atoms with Crippen LogP contribution in [-0.2, 0) is 9.53 Å². The lowest BCUT2D eigenvalue weighted by Gasteiger charge is -2.22. The van der Waals surface area contributed by atoms with Crippen LogP contribution in [0.15, 0.2) is 35.5 Å². The number of carbonyl (C=O) groups excluding carboxylic acids is 1. The molecule has 0 aromatic heterocycles. The van der Waals surface area contributed by atoms with Crippen molar-refractivity contribution in [1.29, 1.82) is 0 Å². The third kappa shape index (κ3) is 2.80. The van der Waals surface area contributed by atoms with Crippen molar-refractivity contribution < 1.29 is 19.7 Å². The Labute approximate surface area is 113 Å². The maximum Gasteiger partial charge on any atom is 0.334 e. The van der Waals surface area contributed by atoms with Crippen LogP contribution in [0.1, 0.15) is 26.7 Å². The Morgan fingerprint density at radius 3 is 2.68 bits per heavy atom. The van der Waals surface area contributed by atoms with Crippen molar-refractivity contribution in [2.45, 2.75) is 45.0 Å². The van der Waals surface area contributed by atoms with Gasteiger partial charge in [-0.2, -0.15) is 0 Å². The molecule has 4 nitrogen and oxygen atoms in total. The highest BCUT2D eigenvalue weighted by Crippen LogP contribution is 2.33. The summed E-state index contributed by atoms with van der Waals surface area (Å²) in [4.78, 5) is 11.6. The molecule has 1 saturated heterocycles. The first-order valence-electron chi connectivity index (χ1n) is 6.51. The predicted octanol–water partition coefficient (Wildman–Crippen LogP) is 1.49. The zero-order chi connectivity index (χ0) is 14.2. The minimum Gasteiger partial charge on any atom is -0.454 e. The summed E-state index contributed by atoms with van der Waals surface area (Å²) in [7, 11) is 0. The quantitative estimate of drug-likeness (QED) is 0.395. The second-order valence-electron chi connectivity index (χ2n) is 5.39. The summed E-state index contributed by atoms with van der Waals surface area (Å²) < 4.78 is 5.22. The van der Waals surface area contributed by atoms with Gasteiger partial charge >= 0.3 is 5.97 Å². The summed E-state index contributed by atoms with van der Waals surface area (Å²) in [5.74, 6) is -0.944. The van der Waals surface area contributed by atoms with Gasteiger partial charge in [0.15, 0.2) is 0 Å². The molecule has 1 heterocycles. The molecule has 1 aliphatic carbocycles. The Morgan fingerprint density at radius 1 is 1.32 bits per heavy atom. The molecule has 0 radical (unpaired) electrons. The van der Waals surface area contributed by atoms with Crippen molar-refractivity contribution >= 4 is 5.97 Å². The van der Waals surface area contributed by atoms with Crippen LogP contribution in [0.4, 0.5) is 0 Å². The summed E-state index contributed by atoms with van der Waals surface area (Å²) in [6, 6.07) is 0. The second-order valence-corrected chi connectivity index (χ2v) is 5.39. The number of esters is 1. The fourth-order valence-electron chi connectivity index (χ4n) is 2.59. The van der Waals surface area contributed by atoms with Crippen LogP contribution in [0.5, 0.6) is 0 Å². The molecule has 0 aromatic rings. The van der Waals surface area contributed by atoms with Crippen LogP contribution in [0, 0.1) is 5.92 Å². The molecule has 0 aromatic carbocycles. The molecule has 4 heteroatoms. The number of aliphatic hydroxyl groups excluding tert-OH is 2. The Hall–Kier alpha value is -1.39. The van der Waals surface area contributed by atoms with Gasteiger partial charge < -0.3 is 14.9 Å². The number of hydrogen-bond donors (Lipinski definition) is 2. The lowest BCUT2D eigenvalue weighted by Crippen LogP contribution is -2.28. The topological polar surface area (TPSA) is 66.8 Å². The van der Waals surface area contributed by atoms with Gasteiger partial charge in [-0.15, -0.1) is 0 Å². The number of rotatable bonds is 0. The molecule has 0 saturated carbocycles. The fraction of sp³-hybridized carbons (Fsp3) is 0.533. The third-order valence-corrected chi connectivity index (χ3v) is 3.85. The van der Waals surface area contributed by atoms with Gasteiger partial charge in [-0.05, 0) is 38.3 Å². The molecule has 1 fully saturated rings. The first-order valence-corrected chi connectivity index (χ1v) is 6.51. The van der Waals surface area contributed by atoms with E-state index in [0.29, 0.717) is 18.4 Å². The normalized spacial score (nSPS) is 41.7. The smallest absolute Gasteiger partial charge is 0.334 e. The van der Waals surface area contributed by atoms with E-state index < -0.39 is 30.2 Å². The van der Waals surface area contributed by atoms with E-state index in [9.17, 15) is 15.0 Å². The van der Waals surface area contributed by atoms with E-state index in [2.05, 4.69) is 6.58 Å². The van der Waals surface area contributed by atoms with Crippen LogP contribution in [0.3, 0.4) is 0 Å². The van der Waals surface area contributed by atoms with Gasteiger partial charge in [0.05, 0.1) is 18.1 Å². The highest BCUT2D eigenvalue weighted by molar-refractivity contribution is 5.91. The van der Waals surface area contributed by atoms with Gasteiger partial charge in [0.2, 0.25) is 0 Å². The Morgan fingerprint density at radius 2 is 2.00 bits per heavy atom. The molecule has 19 heavy (non-hydrogen) atoms. The maximum atomic E-state index is 11.6. The van der Waals surface area contributed by atoms with Gasteiger partial charge in [0.25, 0.3) is 0 Å². The van der Waals surface area contributed by atoms with Gasteiger partial charge in [-0.25, -0.2) is 4.79 Å². The predicted molar refractivity (Wildman–Crippen MR) is 71.3 cm³/mol. The van der Waals surface area contributed by atoms with E-state index in [1.807, 2.05) is 13.8 Å². The summed E-state index contributed by atoms with van der Waals surface area (Å²) in [5, 5.41) is 20.3. The van der Waals surface area contributed by atoms with Gasteiger partial charge in [0.1, 0.15) is 6.10 Å². The first kappa shape index (κ1) is 14.0. The molecule has 0 amide bonds. The van der Waals surface area contributed by atoms with E-state index in [4.69, 9.17) is 4.74 Å². The lowest BCUT2D eigenvalue weighted by atomic mass is 9.86. The lowest BCUT2D eigenvalue weighted by molar-refractivity contribution is -0.137. The highest BCUT2D eigenvalue weighted by atomic mass is 16.6. The number of carbonyl (C=O) groups is 1. The highest BCUT2D eigenvalue weighted by Gasteiger charge is 2.41. The van der Waals surface area contributed by atoms with Gasteiger partial charge in [-0.1, -0.05) is 18.2 Å². The Kier molecular flexibility index (Phi) is 3.92. The van der Waals surface area contributed by atoms with E-state index >= 15 is 0 Å². The van der Waals surface area contributed by atoms with Crippen molar-refractivity contribution in [1.82, 2.24) is 0 Å². The van der Waals surface area contributed by atoms with Gasteiger partial charge in [0, 0.05) is 5.57 Å². The van der Waals surface area contributed by atoms with Crippen LogP contribution in [0.2, 0.25) is 0 Å². The van der Waals surface area contributed by atoms with Crippen molar-refractivity contribution in [2.75, 3.05) is 0 Å². The SMILES string of the molecule is C=C1C(=O)O[C@H]2/C=C(\C)[C@@H](O)CC/C(C)=C/[C@@H](O)[C@H]12. The molecule has 1 aliphatic heterocycles. The summed E-state index contributed by atoms with van der Waals surface area (Å²) in [6.07, 6.45) is 2.88. The number of aliphatic hydroxyl groups is 2.